The number of hydrogen-bond donors (Lipinski definition) is 2. The monoisotopic (exact) mass is 490 g/mol. The standard InChI is InChI=1S/C24H18N4O4S2/c29-33(30,21-9-1-5-17-7-3-15-25-23(17)21)27-19-11-13-20(14-12-19)28-34(31,32)22-10-2-6-18-8-4-16-26-24(18)22/h1-16,27-28H. The fourth-order valence-corrected chi connectivity index (χ4v) is 6.09. The lowest BCUT2D eigenvalue weighted by molar-refractivity contribution is 0.600. The Hall–Kier alpha value is -4.02. The number of fused-ring (bicyclic) bond motifs is 2. The van der Waals surface area contributed by atoms with Gasteiger partial charge >= 0.3 is 0 Å². The molecule has 0 fully saturated rings. The Balaban J connectivity index is 1.39. The second kappa shape index (κ2) is 8.40. The summed E-state index contributed by atoms with van der Waals surface area (Å²) in [5.74, 6) is 0. The normalized spacial score (nSPS) is 12.0. The molecule has 0 saturated carbocycles. The number of rotatable bonds is 6. The summed E-state index contributed by atoms with van der Waals surface area (Å²) in [6, 6.07) is 22.8. The molecule has 0 spiro atoms. The molecule has 2 heterocycles. The molecule has 0 unspecified atom stereocenters. The van der Waals surface area contributed by atoms with Gasteiger partial charge in [0.2, 0.25) is 0 Å². The predicted octanol–water partition coefficient (Wildman–Crippen LogP) is 4.38. The van der Waals surface area contributed by atoms with Gasteiger partial charge < -0.3 is 0 Å². The van der Waals surface area contributed by atoms with E-state index in [9.17, 15) is 16.8 Å². The molecule has 10 heteroatoms. The molecule has 0 bridgehead atoms. The number of anilines is 2. The average molecular weight is 491 g/mol. The zero-order valence-electron chi connectivity index (χ0n) is 17.6. The Morgan fingerprint density at radius 2 is 0.882 bits per heavy atom. The highest BCUT2D eigenvalue weighted by Gasteiger charge is 2.20. The maximum Gasteiger partial charge on any atom is 0.264 e. The van der Waals surface area contributed by atoms with E-state index in [4.69, 9.17) is 0 Å². The van der Waals surface area contributed by atoms with Crippen LogP contribution < -0.4 is 9.44 Å². The van der Waals surface area contributed by atoms with Gasteiger partial charge in [-0.05, 0) is 48.5 Å². The van der Waals surface area contributed by atoms with Gasteiger partial charge in [-0.2, -0.15) is 0 Å². The summed E-state index contributed by atoms with van der Waals surface area (Å²) in [5, 5.41) is 1.41. The minimum Gasteiger partial charge on any atom is -0.280 e. The van der Waals surface area contributed by atoms with Crippen molar-refractivity contribution >= 4 is 53.2 Å². The molecule has 0 radical (unpaired) electrons. The Bertz CT molecular complexity index is 1600. The van der Waals surface area contributed by atoms with Crippen molar-refractivity contribution in [2.45, 2.75) is 9.79 Å². The topological polar surface area (TPSA) is 118 Å². The molecule has 0 aliphatic heterocycles. The van der Waals surface area contributed by atoms with E-state index in [0.717, 1.165) is 0 Å². The minimum atomic E-state index is -3.91. The van der Waals surface area contributed by atoms with Crippen LogP contribution in [-0.2, 0) is 20.0 Å². The van der Waals surface area contributed by atoms with Gasteiger partial charge in [-0.1, -0.05) is 36.4 Å². The maximum absolute atomic E-state index is 13.0. The average Bonchev–Trinajstić information content (AvgIpc) is 2.84. The number of nitrogens with one attached hydrogen (secondary N) is 2. The van der Waals surface area contributed by atoms with E-state index in [2.05, 4.69) is 19.4 Å². The van der Waals surface area contributed by atoms with Crippen LogP contribution in [0.15, 0.2) is 107 Å². The highest BCUT2D eigenvalue weighted by Crippen LogP contribution is 2.26. The number of para-hydroxylation sites is 2. The van der Waals surface area contributed by atoms with Crippen molar-refractivity contribution in [1.29, 1.82) is 0 Å². The van der Waals surface area contributed by atoms with Crippen LogP contribution in [0.25, 0.3) is 21.8 Å². The third kappa shape index (κ3) is 4.16. The molecule has 0 saturated heterocycles. The number of nitrogens with zero attached hydrogens (tertiary/aromatic N) is 2. The van der Waals surface area contributed by atoms with Crippen molar-refractivity contribution in [3.8, 4) is 0 Å². The van der Waals surface area contributed by atoms with Crippen molar-refractivity contribution in [2.75, 3.05) is 9.44 Å². The van der Waals surface area contributed by atoms with E-state index in [0.29, 0.717) is 21.8 Å². The number of benzene rings is 3. The van der Waals surface area contributed by atoms with E-state index in [1.807, 2.05) is 0 Å². The predicted molar refractivity (Wildman–Crippen MR) is 132 cm³/mol. The molecule has 0 atom stereocenters. The molecule has 170 valence electrons. The fourth-order valence-electron chi connectivity index (χ4n) is 3.61. The van der Waals surface area contributed by atoms with Gasteiger partial charge in [0.05, 0.1) is 11.0 Å². The van der Waals surface area contributed by atoms with E-state index in [1.165, 1.54) is 48.8 Å². The van der Waals surface area contributed by atoms with Gasteiger partial charge in [-0.15, -0.1) is 0 Å². The van der Waals surface area contributed by atoms with Gasteiger partial charge in [0.15, 0.2) is 0 Å². The number of pyridine rings is 2. The van der Waals surface area contributed by atoms with Crippen LogP contribution in [-0.4, -0.2) is 26.8 Å². The third-order valence-corrected chi connectivity index (χ3v) is 7.99. The van der Waals surface area contributed by atoms with Crippen LogP contribution in [0.4, 0.5) is 11.4 Å². The summed E-state index contributed by atoms with van der Waals surface area (Å²) >= 11 is 0. The van der Waals surface area contributed by atoms with Crippen LogP contribution in [0.1, 0.15) is 0 Å². The van der Waals surface area contributed by atoms with Gasteiger partial charge in [0, 0.05) is 34.5 Å². The van der Waals surface area contributed by atoms with Crippen LogP contribution in [0, 0.1) is 0 Å². The molecule has 5 aromatic rings. The van der Waals surface area contributed by atoms with E-state index in [1.54, 1.807) is 48.5 Å². The molecule has 8 nitrogen and oxygen atoms in total. The van der Waals surface area contributed by atoms with Crippen LogP contribution in [0.3, 0.4) is 0 Å². The van der Waals surface area contributed by atoms with E-state index in [-0.39, 0.29) is 21.2 Å². The lowest BCUT2D eigenvalue weighted by Crippen LogP contribution is -2.15. The summed E-state index contributed by atoms with van der Waals surface area (Å²) in [6.45, 7) is 0. The fraction of sp³-hybridized carbons (Fsp3) is 0. The highest BCUT2D eigenvalue weighted by molar-refractivity contribution is 7.93. The second-order valence-corrected chi connectivity index (χ2v) is 10.8. The van der Waals surface area contributed by atoms with Crippen molar-refractivity contribution in [1.82, 2.24) is 9.97 Å². The lowest BCUT2D eigenvalue weighted by atomic mass is 10.2. The van der Waals surface area contributed by atoms with E-state index >= 15 is 0 Å². The maximum atomic E-state index is 13.0. The van der Waals surface area contributed by atoms with Crippen LogP contribution in [0.2, 0.25) is 0 Å². The van der Waals surface area contributed by atoms with Crippen LogP contribution >= 0.6 is 0 Å². The molecule has 0 amide bonds. The molecule has 2 N–H and O–H groups in total. The molecule has 3 aromatic carbocycles. The SMILES string of the molecule is O=S(=O)(Nc1ccc(NS(=O)(=O)c2cccc3cccnc23)cc1)c1cccc2cccnc12. The Morgan fingerprint density at radius 1 is 0.500 bits per heavy atom. The third-order valence-electron chi connectivity index (χ3n) is 5.16. The number of aromatic nitrogens is 2. The first-order valence-electron chi connectivity index (χ1n) is 10.2. The Kier molecular flexibility index (Phi) is 5.39. The van der Waals surface area contributed by atoms with Gasteiger partial charge in [0.1, 0.15) is 9.79 Å². The summed E-state index contributed by atoms with van der Waals surface area (Å²) in [4.78, 5) is 8.49. The van der Waals surface area contributed by atoms with Gasteiger partial charge in [-0.3, -0.25) is 19.4 Å². The molecule has 0 aliphatic rings. The smallest absolute Gasteiger partial charge is 0.264 e. The minimum absolute atomic E-state index is 0.0545. The first-order chi connectivity index (χ1) is 16.3. The first kappa shape index (κ1) is 21.8. The van der Waals surface area contributed by atoms with Crippen molar-refractivity contribution in [3.05, 3.63) is 97.3 Å². The summed E-state index contributed by atoms with van der Waals surface area (Å²) in [6.07, 6.45) is 3.07. The highest BCUT2D eigenvalue weighted by atomic mass is 32.2. The van der Waals surface area contributed by atoms with E-state index < -0.39 is 20.0 Å². The zero-order chi connectivity index (χ0) is 23.8. The lowest BCUT2D eigenvalue weighted by Gasteiger charge is -2.12. The second-order valence-electron chi connectivity index (χ2n) is 7.45. The Morgan fingerprint density at radius 3 is 1.29 bits per heavy atom. The number of sulfonamides is 2. The van der Waals surface area contributed by atoms with Crippen LogP contribution in [0.5, 0.6) is 0 Å². The number of hydrogen-bond acceptors (Lipinski definition) is 6. The first-order valence-corrected chi connectivity index (χ1v) is 13.1. The molecule has 2 aromatic heterocycles. The zero-order valence-corrected chi connectivity index (χ0v) is 19.2. The molecule has 5 rings (SSSR count). The van der Waals surface area contributed by atoms with Crippen molar-refractivity contribution in [2.24, 2.45) is 0 Å². The summed E-state index contributed by atoms with van der Waals surface area (Å²) in [5.41, 5.74) is 1.29. The molecule has 0 aliphatic carbocycles. The van der Waals surface area contributed by atoms with Crippen molar-refractivity contribution < 1.29 is 16.8 Å². The largest absolute Gasteiger partial charge is 0.280 e. The molecular formula is C24H18N4O4S2. The summed E-state index contributed by atoms with van der Waals surface area (Å²) in [7, 11) is -7.83. The summed E-state index contributed by atoms with van der Waals surface area (Å²) < 4.78 is 56.9. The molecule has 34 heavy (non-hydrogen) atoms. The van der Waals surface area contributed by atoms with Crippen molar-refractivity contribution in [3.63, 3.8) is 0 Å². The molecular weight excluding hydrogens is 472 g/mol. The van der Waals surface area contributed by atoms with Gasteiger partial charge in [0.25, 0.3) is 20.0 Å². The van der Waals surface area contributed by atoms with Gasteiger partial charge in [-0.25, -0.2) is 16.8 Å². The Labute approximate surface area is 196 Å². The quantitative estimate of drug-likeness (QED) is 0.365.